The minimum Gasteiger partial charge on any atom is -0.481 e. The van der Waals surface area contributed by atoms with Crippen molar-refractivity contribution in [1.82, 2.24) is 34.8 Å². The van der Waals surface area contributed by atoms with Gasteiger partial charge in [0, 0.05) is 37.1 Å². The number of rotatable bonds is 4. The van der Waals surface area contributed by atoms with Gasteiger partial charge in [-0.2, -0.15) is 5.10 Å². The lowest BCUT2D eigenvalue weighted by atomic mass is 10.0. The molecular weight excluding hydrogens is 396 g/mol. The molecule has 0 fully saturated rings. The summed E-state index contributed by atoms with van der Waals surface area (Å²) in [4.78, 5) is 14.1. The average Bonchev–Trinajstić information content (AvgIpc) is 3.57. The third-order valence-corrected chi connectivity index (χ3v) is 5.45. The molecule has 6 heterocycles. The predicted octanol–water partition coefficient (Wildman–Crippen LogP) is 2.66. The maximum absolute atomic E-state index is 6.05. The first-order valence-corrected chi connectivity index (χ1v) is 9.87. The zero-order chi connectivity index (χ0) is 20.8. The standard InChI is InChI=1S/C21H18N8O2/c1-30-17-6-5-13(11-22-17)20-25-26-21(31-20)28-9-7-15-18(24-12-23-15)19(28)16-10-14-4-2-3-8-29(14)27-16/h2-6,8,10-12,19H,7,9H2,1H3,(H,23,24)/t19-/m0/s1. The van der Waals surface area contributed by atoms with Crippen LogP contribution in [0.2, 0.25) is 0 Å². The second kappa shape index (κ2) is 6.94. The van der Waals surface area contributed by atoms with Gasteiger partial charge in [0.2, 0.25) is 5.88 Å². The molecule has 0 unspecified atom stereocenters. The van der Waals surface area contributed by atoms with Crippen LogP contribution in [0.3, 0.4) is 0 Å². The highest BCUT2D eigenvalue weighted by Gasteiger charge is 2.35. The van der Waals surface area contributed by atoms with E-state index in [9.17, 15) is 0 Å². The summed E-state index contributed by atoms with van der Waals surface area (Å²) in [6, 6.07) is 11.8. The monoisotopic (exact) mass is 414 g/mol. The van der Waals surface area contributed by atoms with Crippen molar-refractivity contribution in [2.24, 2.45) is 0 Å². The number of methoxy groups -OCH3 is 1. The molecule has 0 radical (unpaired) electrons. The van der Waals surface area contributed by atoms with Crippen LogP contribution in [0.1, 0.15) is 23.1 Å². The second-order valence-corrected chi connectivity index (χ2v) is 7.23. The first-order valence-electron chi connectivity index (χ1n) is 9.87. The number of anilines is 1. The van der Waals surface area contributed by atoms with Gasteiger partial charge in [-0.15, -0.1) is 5.10 Å². The van der Waals surface area contributed by atoms with E-state index < -0.39 is 0 Å². The minimum atomic E-state index is -0.239. The van der Waals surface area contributed by atoms with Gasteiger partial charge in [0.25, 0.3) is 5.89 Å². The van der Waals surface area contributed by atoms with Gasteiger partial charge >= 0.3 is 6.01 Å². The predicted molar refractivity (Wildman–Crippen MR) is 111 cm³/mol. The molecule has 6 rings (SSSR count). The van der Waals surface area contributed by atoms with Crippen molar-refractivity contribution in [3.05, 3.63) is 72.2 Å². The van der Waals surface area contributed by atoms with Gasteiger partial charge in [0.05, 0.1) is 35.9 Å². The number of nitrogens with one attached hydrogen (secondary N) is 1. The van der Waals surface area contributed by atoms with E-state index in [-0.39, 0.29) is 6.04 Å². The average molecular weight is 414 g/mol. The SMILES string of the molecule is COc1ccc(-c2nnc(N3CCc4[nH]cnc4[C@@H]3c3cc4ccccn4n3)o2)cn1. The van der Waals surface area contributed by atoms with Crippen LogP contribution in [0.15, 0.2) is 59.5 Å². The van der Waals surface area contributed by atoms with E-state index in [1.165, 1.54) is 0 Å². The molecule has 0 bridgehead atoms. The van der Waals surface area contributed by atoms with Crippen LogP contribution in [-0.4, -0.2) is 48.4 Å². The van der Waals surface area contributed by atoms with Crippen LogP contribution in [0, 0.1) is 0 Å². The Labute approximate surface area is 176 Å². The Hall–Kier alpha value is -4.21. The molecule has 5 aromatic rings. The molecule has 154 valence electrons. The van der Waals surface area contributed by atoms with Gasteiger partial charge in [-0.25, -0.2) is 14.5 Å². The van der Waals surface area contributed by atoms with Crippen molar-refractivity contribution < 1.29 is 9.15 Å². The van der Waals surface area contributed by atoms with Crippen LogP contribution < -0.4 is 9.64 Å². The second-order valence-electron chi connectivity index (χ2n) is 7.23. The summed E-state index contributed by atoms with van der Waals surface area (Å²) in [6.45, 7) is 0.691. The molecule has 10 nitrogen and oxygen atoms in total. The molecule has 1 aliphatic rings. The van der Waals surface area contributed by atoms with E-state index in [2.05, 4.69) is 36.1 Å². The number of fused-ring (bicyclic) bond motifs is 2. The Bertz CT molecular complexity index is 1320. The van der Waals surface area contributed by atoms with Crippen molar-refractivity contribution in [3.63, 3.8) is 0 Å². The van der Waals surface area contributed by atoms with Crippen LogP contribution in [0.4, 0.5) is 6.01 Å². The number of nitrogens with zero attached hydrogens (tertiary/aromatic N) is 7. The van der Waals surface area contributed by atoms with E-state index in [0.717, 1.165) is 34.6 Å². The number of hydrogen-bond donors (Lipinski definition) is 1. The molecule has 1 aliphatic heterocycles. The van der Waals surface area contributed by atoms with E-state index >= 15 is 0 Å². The van der Waals surface area contributed by atoms with Crippen molar-refractivity contribution in [2.75, 3.05) is 18.6 Å². The van der Waals surface area contributed by atoms with Crippen LogP contribution in [0.5, 0.6) is 5.88 Å². The highest BCUT2D eigenvalue weighted by molar-refractivity contribution is 5.55. The van der Waals surface area contributed by atoms with Crippen LogP contribution in [0.25, 0.3) is 17.0 Å². The summed E-state index contributed by atoms with van der Waals surface area (Å²) in [5.74, 6) is 0.921. The Kier molecular flexibility index (Phi) is 3.95. The molecule has 0 saturated heterocycles. The number of ether oxygens (including phenoxy) is 1. The molecule has 0 saturated carbocycles. The third kappa shape index (κ3) is 2.91. The van der Waals surface area contributed by atoms with E-state index in [0.29, 0.717) is 24.3 Å². The molecule has 1 N–H and O–H groups in total. The summed E-state index contributed by atoms with van der Waals surface area (Å²) in [5.41, 5.74) is 4.61. The number of aromatic nitrogens is 7. The Morgan fingerprint density at radius 3 is 2.97 bits per heavy atom. The summed E-state index contributed by atoms with van der Waals surface area (Å²) < 4.78 is 13.0. The first kappa shape index (κ1) is 17.6. The van der Waals surface area contributed by atoms with Gasteiger partial charge in [0.1, 0.15) is 6.04 Å². The van der Waals surface area contributed by atoms with E-state index in [1.807, 2.05) is 35.0 Å². The number of imidazole rings is 1. The lowest BCUT2D eigenvalue weighted by molar-refractivity contribution is 0.398. The Balaban J connectivity index is 1.41. The van der Waals surface area contributed by atoms with Gasteiger partial charge in [-0.3, -0.25) is 0 Å². The van der Waals surface area contributed by atoms with Gasteiger partial charge < -0.3 is 19.0 Å². The third-order valence-electron chi connectivity index (χ3n) is 5.45. The van der Waals surface area contributed by atoms with Gasteiger partial charge in [0.15, 0.2) is 0 Å². The molecule has 1 atom stereocenters. The molecule has 0 aliphatic carbocycles. The molecule has 10 heteroatoms. The Morgan fingerprint density at radius 2 is 2.13 bits per heavy atom. The fraction of sp³-hybridized carbons (Fsp3) is 0.190. The largest absolute Gasteiger partial charge is 0.481 e. The fourth-order valence-electron chi connectivity index (χ4n) is 3.95. The van der Waals surface area contributed by atoms with Gasteiger partial charge in [-0.1, -0.05) is 11.2 Å². The quantitative estimate of drug-likeness (QED) is 0.478. The highest BCUT2D eigenvalue weighted by Crippen LogP contribution is 2.37. The molecule has 0 spiro atoms. The number of H-pyrrole nitrogens is 1. The van der Waals surface area contributed by atoms with E-state index in [4.69, 9.17) is 14.3 Å². The molecule has 0 amide bonds. The van der Waals surface area contributed by atoms with Crippen molar-refractivity contribution >= 4 is 11.5 Å². The van der Waals surface area contributed by atoms with Crippen molar-refractivity contribution in [2.45, 2.75) is 12.5 Å². The topological polar surface area (TPSA) is 110 Å². The fourth-order valence-corrected chi connectivity index (χ4v) is 3.95. The highest BCUT2D eigenvalue weighted by atomic mass is 16.5. The number of aromatic amines is 1. The van der Waals surface area contributed by atoms with Crippen molar-refractivity contribution in [1.29, 1.82) is 0 Å². The van der Waals surface area contributed by atoms with Crippen LogP contribution in [-0.2, 0) is 6.42 Å². The molecule has 5 aromatic heterocycles. The maximum Gasteiger partial charge on any atom is 0.319 e. The van der Waals surface area contributed by atoms with Crippen LogP contribution >= 0.6 is 0 Å². The molecule has 0 aromatic carbocycles. The lowest BCUT2D eigenvalue weighted by Crippen LogP contribution is -2.36. The summed E-state index contributed by atoms with van der Waals surface area (Å²) in [6.07, 6.45) is 6.09. The summed E-state index contributed by atoms with van der Waals surface area (Å²) >= 11 is 0. The smallest absolute Gasteiger partial charge is 0.319 e. The zero-order valence-corrected chi connectivity index (χ0v) is 16.6. The normalized spacial score (nSPS) is 15.9. The lowest BCUT2D eigenvalue weighted by Gasteiger charge is -2.32. The summed E-state index contributed by atoms with van der Waals surface area (Å²) in [7, 11) is 1.58. The maximum atomic E-state index is 6.05. The Morgan fingerprint density at radius 1 is 1.16 bits per heavy atom. The van der Waals surface area contributed by atoms with E-state index in [1.54, 1.807) is 25.7 Å². The van der Waals surface area contributed by atoms with Gasteiger partial charge in [-0.05, 0) is 24.3 Å². The zero-order valence-electron chi connectivity index (χ0n) is 16.6. The molecular formula is C21H18N8O2. The molecule has 31 heavy (non-hydrogen) atoms. The number of pyridine rings is 2. The minimum absolute atomic E-state index is 0.239. The van der Waals surface area contributed by atoms with Crippen molar-refractivity contribution in [3.8, 4) is 17.3 Å². The summed E-state index contributed by atoms with van der Waals surface area (Å²) in [5, 5.41) is 13.3. The number of hydrogen-bond acceptors (Lipinski definition) is 8. The first-order chi connectivity index (χ1) is 15.3.